The Morgan fingerprint density at radius 1 is 1.10 bits per heavy atom. The van der Waals surface area contributed by atoms with E-state index in [9.17, 15) is 9.59 Å². The lowest BCUT2D eigenvalue weighted by Crippen LogP contribution is -2.48. The van der Waals surface area contributed by atoms with Gasteiger partial charge in [0.2, 0.25) is 11.8 Å². The molecular formula is C15H25N3O2. The van der Waals surface area contributed by atoms with Gasteiger partial charge in [0, 0.05) is 32.2 Å². The van der Waals surface area contributed by atoms with Crippen LogP contribution in [0.25, 0.3) is 0 Å². The Labute approximate surface area is 120 Å². The molecule has 20 heavy (non-hydrogen) atoms. The molecule has 5 heteroatoms. The van der Waals surface area contributed by atoms with Crippen molar-refractivity contribution in [1.29, 1.82) is 0 Å². The molecule has 0 radical (unpaired) electrons. The van der Waals surface area contributed by atoms with Gasteiger partial charge in [0.05, 0.1) is 11.8 Å². The average molecular weight is 279 g/mol. The molecule has 2 unspecified atom stereocenters. The second-order valence-electron chi connectivity index (χ2n) is 6.70. The summed E-state index contributed by atoms with van der Waals surface area (Å²) < 4.78 is 0. The van der Waals surface area contributed by atoms with Gasteiger partial charge in [-0.05, 0) is 31.6 Å². The second kappa shape index (κ2) is 5.45. The van der Waals surface area contributed by atoms with Crippen LogP contribution in [0, 0.1) is 17.8 Å². The maximum Gasteiger partial charge on any atom is 0.233 e. The van der Waals surface area contributed by atoms with Gasteiger partial charge in [-0.2, -0.15) is 0 Å². The van der Waals surface area contributed by atoms with E-state index in [1.54, 1.807) is 4.90 Å². The molecule has 0 bridgehead atoms. The third-order valence-corrected chi connectivity index (χ3v) is 5.28. The molecule has 2 amide bonds. The highest BCUT2D eigenvalue weighted by atomic mass is 16.2. The smallest absolute Gasteiger partial charge is 0.233 e. The summed E-state index contributed by atoms with van der Waals surface area (Å²) in [6.45, 7) is 5.63. The van der Waals surface area contributed by atoms with E-state index in [1.165, 1.54) is 0 Å². The average Bonchev–Trinajstić information content (AvgIpc) is 2.91. The predicted octanol–water partition coefficient (Wildman–Crippen LogP) is 0.441. The summed E-state index contributed by atoms with van der Waals surface area (Å²) in [6.07, 6.45) is 3.62. The molecule has 3 rings (SSSR count). The Kier molecular flexibility index (Phi) is 3.82. The lowest BCUT2D eigenvalue weighted by Gasteiger charge is -2.36. The lowest BCUT2D eigenvalue weighted by atomic mass is 10.00. The normalized spacial score (nSPS) is 35.9. The van der Waals surface area contributed by atoms with Crippen molar-refractivity contribution in [2.75, 3.05) is 26.2 Å². The van der Waals surface area contributed by atoms with Crippen LogP contribution in [0.15, 0.2) is 0 Å². The number of hydrogen-bond acceptors (Lipinski definition) is 4. The van der Waals surface area contributed by atoms with Gasteiger partial charge in [-0.3, -0.25) is 14.5 Å². The summed E-state index contributed by atoms with van der Waals surface area (Å²) >= 11 is 0. The number of nitrogens with zero attached hydrogens (tertiary/aromatic N) is 2. The zero-order valence-electron chi connectivity index (χ0n) is 12.3. The van der Waals surface area contributed by atoms with Gasteiger partial charge in [-0.15, -0.1) is 0 Å². The van der Waals surface area contributed by atoms with Crippen molar-refractivity contribution in [3.63, 3.8) is 0 Å². The quantitative estimate of drug-likeness (QED) is 0.761. The van der Waals surface area contributed by atoms with Crippen molar-refractivity contribution in [2.45, 2.75) is 38.6 Å². The van der Waals surface area contributed by atoms with E-state index in [2.05, 4.69) is 11.8 Å². The highest BCUT2D eigenvalue weighted by molar-refractivity contribution is 6.05. The number of carbonyl (C=O) groups excluding carboxylic acids is 2. The van der Waals surface area contributed by atoms with Gasteiger partial charge in [-0.25, -0.2) is 0 Å². The van der Waals surface area contributed by atoms with Crippen LogP contribution in [0.2, 0.25) is 0 Å². The van der Waals surface area contributed by atoms with Crippen LogP contribution in [0.1, 0.15) is 32.6 Å². The highest BCUT2D eigenvalue weighted by Crippen LogP contribution is 2.44. The fraction of sp³-hybridized carbons (Fsp3) is 0.867. The van der Waals surface area contributed by atoms with E-state index in [1.807, 2.05) is 0 Å². The van der Waals surface area contributed by atoms with Crippen molar-refractivity contribution in [1.82, 2.24) is 9.80 Å². The minimum Gasteiger partial charge on any atom is -0.329 e. The molecule has 2 atom stereocenters. The zero-order valence-corrected chi connectivity index (χ0v) is 12.3. The number of amides is 2. The van der Waals surface area contributed by atoms with Gasteiger partial charge in [0.25, 0.3) is 0 Å². The molecule has 112 valence electrons. The van der Waals surface area contributed by atoms with E-state index in [4.69, 9.17) is 5.73 Å². The molecule has 2 heterocycles. The Bertz CT molecular complexity index is 380. The van der Waals surface area contributed by atoms with Crippen molar-refractivity contribution in [2.24, 2.45) is 23.5 Å². The van der Waals surface area contributed by atoms with E-state index < -0.39 is 0 Å². The van der Waals surface area contributed by atoms with Gasteiger partial charge in [-0.1, -0.05) is 6.92 Å². The first-order valence-electron chi connectivity index (χ1n) is 7.91. The first-order valence-corrected chi connectivity index (χ1v) is 7.91. The number of imide groups is 1. The molecule has 1 saturated carbocycles. The molecule has 3 aliphatic rings. The summed E-state index contributed by atoms with van der Waals surface area (Å²) in [6, 6.07) is 0.130. The van der Waals surface area contributed by atoms with Crippen LogP contribution < -0.4 is 5.73 Å². The molecular weight excluding hydrogens is 254 g/mol. The van der Waals surface area contributed by atoms with Crippen LogP contribution in [-0.4, -0.2) is 53.8 Å². The largest absolute Gasteiger partial charge is 0.329 e. The standard InChI is InChI=1S/C15H25N3O2/c1-10-8-12-13(9-10)15(20)18(14(12)19)11-2-5-17(6-3-11)7-4-16/h10-13H,2-9,16H2,1H3. The molecule has 3 fully saturated rings. The predicted molar refractivity (Wildman–Crippen MR) is 75.7 cm³/mol. The number of carbonyl (C=O) groups is 2. The lowest BCUT2D eigenvalue weighted by molar-refractivity contribution is -0.144. The van der Waals surface area contributed by atoms with Crippen molar-refractivity contribution in [3.8, 4) is 0 Å². The maximum atomic E-state index is 12.5. The van der Waals surface area contributed by atoms with Crippen LogP contribution in [0.4, 0.5) is 0 Å². The van der Waals surface area contributed by atoms with Crippen LogP contribution in [0.3, 0.4) is 0 Å². The fourth-order valence-corrected chi connectivity index (χ4v) is 4.25. The number of hydrogen-bond donors (Lipinski definition) is 1. The maximum absolute atomic E-state index is 12.5. The first kappa shape index (κ1) is 14.0. The van der Waals surface area contributed by atoms with E-state index >= 15 is 0 Å². The van der Waals surface area contributed by atoms with Crippen molar-refractivity contribution in [3.05, 3.63) is 0 Å². The Hall–Kier alpha value is -0.940. The summed E-state index contributed by atoms with van der Waals surface area (Å²) in [5.74, 6) is 0.717. The molecule has 0 aromatic carbocycles. The number of piperidine rings is 1. The minimum atomic E-state index is -0.0143. The first-order chi connectivity index (χ1) is 9.61. The van der Waals surface area contributed by atoms with Crippen LogP contribution >= 0.6 is 0 Å². The van der Waals surface area contributed by atoms with Crippen molar-refractivity contribution >= 4 is 11.8 Å². The van der Waals surface area contributed by atoms with E-state index in [-0.39, 0.29) is 29.7 Å². The summed E-state index contributed by atoms with van der Waals surface area (Å²) in [5, 5.41) is 0. The van der Waals surface area contributed by atoms with E-state index in [0.717, 1.165) is 45.3 Å². The van der Waals surface area contributed by atoms with E-state index in [0.29, 0.717) is 12.5 Å². The molecule has 0 aromatic heterocycles. The minimum absolute atomic E-state index is 0.0143. The van der Waals surface area contributed by atoms with Gasteiger partial charge < -0.3 is 10.6 Å². The summed E-state index contributed by atoms with van der Waals surface area (Å²) in [4.78, 5) is 29.0. The Morgan fingerprint density at radius 3 is 2.15 bits per heavy atom. The Morgan fingerprint density at radius 2 is 1.65 bits per heavy atom. The number of likely N-dealkylation sites (tertiary alicyclic amines) is 2. The molecule has 0 aromatic rings. The molecule has 2 aliphatic heterocycles. The third kappa shape index (κ3) is 2.27. The molecule has 5 nitrogen and oxygen atoms in total. The Balaban J connectivity index is 1.64. The summed E-state index contributed by atoms with van der Waals surface area (Å²) in [5.41, 5.74) is 5.57. The van der Waals surface area contributed by atoms with Gasteiger partial charge >= 0.3 is 0 Å². The number of rotatable bonds is 3. The summed E-state index contributed by atoms with van der Waals surface area (Å²) in [7, 11) is 0. The SMILES string of the molecule is CC1CC2C(=O)N(C3CCN(CCN)CC3)C(=O)C2C1. The molecule has 2 N–H and O–H groups in total. The molecule has 1 aliphatic carbocycles. The third-order valence-electron chi connectivity index (χ3n) is 5.28. The topological polar surface area (TPSA) is 66.6 Å². The monoisotopic (exact) mass is 279 g/mol. The fourth-order valence-electron chi connectivity index (χ4n) is 4.25. The van der Waals surface area contributed by atoms with Crippen LogP contribution in [0.5, 0.6) is 0 Å². The van der Waals surface area contributed by atoms with Gasteiger partial charge in [0.15, 0.2) is 0 Å². The molecule has 0 spiro atoms. The molecule has 2 saturated heterocycles. The van der Waals surface area contributed by atoms with Crippen molar-refractivity contribution < 1.29 is 9.59 Å². The number of fused-ring (bicyclic) bond motifs is 1. The van der Waals surface area contributed by atoms with Crippen LogP contribution in [-0.2, 0) is 9.59 Å². The highest BCUT2D eigenvalue weighted by Gasteiger charge is 2.53. The number of nitrogens with two attached hydrogens (primary N) is 1. The second-order valence-corrected chi connectivity index (χ2v) is 6.70. The zero-order chi connectivity index (χ0) is 14.3. The van der Waals surface area contributed by atoms with Gasteiger partial charge in [0.1, 0.15) is 0 Å².